The Kier molecular flexibility index (Phi) is 4.03. The molecule has 0 saturated carbocycles. The first kappa shape index (κ1) is 14.4. The number of rotatable bonds is 3. The number of halogens is 4. The van der Waals surface area contributed by atoms with E-state index in [1.807, 2.05) is 0 Å². The Balaban J connectivity index is 2.28. The molecule has 0 spiro atoms. The van der Waals surface area contributed by atoms with Crippen LogP contribution < -0.4 is 15.8 Å². The number of nitrogens with one attached hydrogen (secondary N) is 1. The van der Waals surface area contributed by atoms with Gasteiger partial charge in [0.1, 0.15) is 5.82 Å². The van der Waals surface area contributed by atoms with Crippen molar-refractivity contribution in [2.75, 3.05) is 11.1 Å². The number of nitrogen functional groups attached to an aromatic ring is 1. The average Bonchev–Trinajstić information content (AvgIpc) is 2.33. The van der Waals surface area contributed by atoms with Crippen molar-refractivity contribution in [2.45, 2.75) is 6.36 Å². The zero-order valence-electron chi connectivity index (χ0n) is 9.91. The molecule has 1 aromatic heterocycles. The Hall–Kier alpha value is -1.96. The van der Waals surface area contributed by atoms with E-state index in [2.05, 4.69) is 31.0 Å². The van der Waals surface area contributed by atoms with Crippen molar-refractivity contribution >= 4 is 33.1 Å². The van der Waals surface area contributed by atoms with Crippen molar-refractivity contribution in [2.24, 2.45) is 0 Å². The summed E-state index contributed by atoms with van der Waals surface area (Å²) in [6.07, 6.45) is -3.38. The largest absolute Gasteiger partial charge is 0.573 e. The van der Waals surface area contributed by atoms with Gasteiger partial charge in [0, 0.05) is 4.47 Å². The van der Waals surface area contributed by atoms with Gasteiger partial charge in [-0.1, -0.05) is 15.9 Å². The molecular formula is C12H9BrF3N3O. The number of pyridine rings is 1. The molecule has 0 fully saturated rings. The van der Waals surface area contributed by atoms with E-state index in [1.165, 1.54) is 18.3 Å². The molecule has 0 radical (unpaired) electrons. The number of ether oxygens (including phenoxy) is 1. The molecule has 1 aromatic carbocycles. The summed E-state index contributed by atoms with van der Waals surface area (Å²) < 4.78 is 41.5. The molecule has 20 heavy (non-hydrogen) atoms. The third-order valence-corrected chi connectivity index (χ3v) is 2.71. The van der Waals surface area contributed by atoms with Crippen molar-refractivity contribution < 1.29 is 17.9 Å². The van der Waals surface area contributed by atoms with Crippen LogP contribution in [0.4, 0.5) is 30.4 Å². The summed E-state index contributed by atoms with van der Waals surface area (Å²) in [4.78, 5) is 3.95. The minimum Gasteiger partial charge on any atom is -0.404 e. The van der Waals surface area contributed by atoms with Gasteiger partial charge in [-0.25, -0.2) is 4.98 Å². The summed E-state index contributed by atoms with van der Waals surface area (Å²) >= 11 is 3.09. The van der Waals surface area contributed by atoms with Crippen LogP contribution in [0.15, 0.2) is 41.0 Å². The highest BCUT2D eigenvalue weighted by Crippen LogP contribution is 2.34. The SMILES string of the molecule is Nc1ccc(Nc2ccc(Br)cc2OC(F)(F)F)nc1. The first-order valence-electron chi connectivity index (χ1n) is 5.37. The molecular weight excluding hydrogens is 339 g/mol. The topological polar surface area (TPSA) is 60.2 Å². The van der Waals surface area contributed by atoms with Gasteiger partial charge in [0.15, 0.2) is 5.75 Å². The van der Waals surface area contributed by atoms with Gasteiger partial charge in [0.05, 0.1) is 17.6 Å². The number of alkyl halides is 3. The van der Waals surface area contributed by atoms with E-state index in [1.54, 1.807) is 18.2 Å². The lowest BCUT2D eigenvalue weighted by molar-refractivity contribution is -0.274. The maximum atomic E-state index is 12.3. The Labute approximate surface area is 120 Å². The van der Waals surface area contributed by atoms with Crippen LogP contribution in [0.2, 0.25) is 0 Å². The number of nitrogens with two attached hydrogens (primary N) is 1. The van der Waals surface area contributed by atoms with E-state index in [4.69, 9.17) is 5.73 Å². The third kappa shape index (κ3) is 4.02. The van der Waals surface area contributed by atoms with Gasteiger partial charge in [0.25, 0.3) is 0 Å². The van der Waals surface area contributed by atoms with Crippen molar-refractivity contribution in [1.29, 1.82) is 0 Å². The summed E-state index contributed by atoms with van der Waals surface area (Å²) in [5.74, 6) is -0.000882. The third-order valence-electron chi connectivity index (χ3n) is 2.22. The number of nitrogens with zero attached hydrogens (tertiary/aromatic N) is 1. The minimum absolute atomic E-state index is 0.141. The second-order valence-corrected chi connectivity index (χ2v) is 4.71. The Bertz CT molecular complexity index is 602. The monoisotopic (exact) mass is 347 g/mol. The predicted molar refractivity (Wildman–Crippen MR) is 72.8 cm³/mol. The zero-order chi connectivity index (χ0) is 14.8. The fourth-order valence-corrected chi connectivity index (χ4v) is 1.77. The van der Waals surface area contributed by atoms with Crippen LogP contribution in [0.3, 0.4) is 0 Å². The lowest BCUT2D eigenvalue weighted by atomic mass is 10.3. The van der Waals surface area contributed by atoms with Crippen LogP contribution in [-0.2, 0) is 0 Å². The van der Waals surface area contributed by atoms with E-state index in [-0.39, 0.29) is 11.4 Å². The molecule has 3 N–H and O–H groups in total. The summed E-state index contributed by atoms with van der Waals surface area (Å²) in [5, 5.41) is 2.74. The predicted octanol–water partition coefficient (Wildman–Crippen LogP) is 4.07. The number of benzene rings is 1. The van der Waals surface area contributed by atoms with Crippen LogP contribution in [0.5, 0.6) is 5.75 Å². The summed E-state index contributed by atoms with van der Waals surface area (Å²) in [6, 6.07) is 7.38. The fourth-order valence-electron chi connectivity index (χ4n) is 1.43. The standard InChI is InChI=1S/C12H9BrF3N3O/c13-7-1-3-9(10(5-7)20-12(14,15)16)19-11-4-2-8(17)6-18-11/h1-6H,17H2,(H,18,19). The Morgan fingerprint density at radius 2 is 1.95 bits per heavy atom. The average molecular weight is 348 g/mol. The number of aromatic nitrogens is 1. The van der Waals surface area contributed by atoms with Crippen LogP contribution in [0, 0.1) is 0 Å². The summed E-state index contributed by atoms with van der Waals surface area (Å²) in [6.45, 7) is 0. The molecule has 0 amide bonds. The van der Waals surface area contributed by atoms with Gasteiger partial charge in [-0.2, -0.15) is 0 Å². The second-order valence-electron chi connectivity index (χ2n) is 3.79. The van der Waals surface area contributed by atoms with Gasteiger partial charge in [0.2, 0.25) is 0 Å². The molecule has 0 bridgehead atoms. The molecule has 0 aliphatic heterocycles. The maximum Gasteiger partial charge on any atom is 0.573 e. The van der Waals surface area contributed by atoms with Crippen molar-refractivity contribution in [3.8, 4) is 5.75 Å². The fraction of sp³-hybridized carbons (Fsp3) is 0.0833. The molecule has 0 unspecified atom stereocenters. The molecule has 1 heterocycles. The highest BCUT2D eigenvalue weighted by Gasteiger charge is 2.32. The summed E-state index contributed by atoms with van der Waals surface area (Å²) in [7, 11) is 0. The van der Waals surface area contributed by atoms with Crippen LogP contribution >= 0.6 is 15.9 Å². The lowest BCUT2D eigenvalue weighted by Gasteiger charge is -2.14. The van der Waals surface area contributed by atoms with E-state index in [0.29, 0.717) is 16.0 Å². The molecule has 106 valence electrons. The van der Waals surface area contributed by atoms with E-state index < -0.39 is 6.36 Å². The van der Waals surface area contributed by atoms with Gasteiger partial charge >= 0.3 is 6.36 Å². The molecule has 2 aromatic rings. The minimum atomic E-state index is -4.77. The first-order valence-corrected chi connectivity index (χ1v) is 6.17. The molecule has 0 aliphatic rings. The Morgan fingerprint density at radius 1 is 1.20 bits per heavy atom. The summed E-state index contributed by atoms with van der Waals surface area (Å²) in [5.41, 5.74) is 6.08. The van der Waals surface area contributed by atoms with Crippen LogP contribution in [-0.4, -0.2) is 11.3 Å². The molecule has 2 rings (SSSR count). The zero-order valence-corrected chi connectivity index (χ0v) is 11.5. The molecule has 4 nitrogen and oxygen atoms in total. The number of anilines is 3. The molecule has 8 heteroatoms. The van der Waals surface area contributed by atoms with E-state index in [0.717, 1.165) is 0 Å². The van der Waals surface area contributed by atoms with Crippen molar-refractivity contribution in [3.63, 3.8) is 0 Å². The van der Waals surface area contributed by atoms with Gasteiger partial charge in [-0.05, 0) is 30.3 Å². The highest BCUT2D eigenvalue weighted by molar-refractivity contribution is 9.10. The van der Waals surface area contributed by atoms with Gasteiger partial charge in [-0.15, -0.1) is 13.2 Å². The molecule has 0 aliphatic carbocycles. The second kappa shape index (κ2) is 5.58. The highest BCUT2D eigenvalue weighted by atomic mass is 79.9. The van der Waals surface area contributed by atoms with E-state index >= 15 is 0 Å². The van der Waals surface area contributed by atoms with Crippen molar-refractivity contribution in [1.82, 2.24) is 4.98 Å². The van der Waals surface area contributed by atoms with Gasteiger partial charge in [-0.3, -0.25) is 0 Å². The Morgan fingerprint density at radius 3 is 2.55 bits per heavy atom. The maximum absolute atomic E-state index is 12.3. The van der Waals surface area contributed by atoms with Gasteiger partial charge < -0.3 is 15.8 Å². The smallest absolute Gasteiger partial charge is 0.404 e. The molecule has 0 atom stereocenters. The number of hydrogen-bond acceptors (Lipinski definition) is 4. The van der Waals surface area contributed by atoms with Crippen molar-refractivity contribution in [3.05, 3.63) is 41.0 Å². The normalized spacial score (nSPS) is 11.2. The quantitative estimate of drug-likeness (QED) is 0.878. The first-order chi connectivity index (χ1) is 9.33. The van der Waals surface area contributed by atoms with Crippen LogP contribution in [0.25, 0.3) is 0 Å². The van der Waals surface area contributed by atoms with Crippen LogP contribution in [0.1, 0.15) is 0 Å². The molecule has 0 saturated heterocycles. The van der Waals surface area contributed by atoms with E-state index in [9.17, 15) is 13.2 Å². The number of hydrogen-bond donors (Lipinski definition) is 2. The lowest BCUT2D eigenvalue weighted by Crippen LogP contribution is -2.18.